The predicted octanol–water partition coefficient (Wildman–Crippen LogP) is 4.94. The van der Waals surface area contributed by atoms with Crippen LogP contribution >= 0.6 is 11.6 Å². The first-order valence-electron chi connectivity index (χ1n) is 9.30. The number of aromatic nitrogens is 2. The summed E-state index contributed by atoms with van der Waals surface area (Å²) in [4.78, 5) is 19.5. The molecule has 3 rings (SSSR count). The lowest BCUT2D eigenvalue weighted by molar-refractivity contribution is 0.0697. The van der Waals surface area contributed by atoms with E-state index in [1.807, 2.05) is 36.4 Å². The van der Waals surface area contributed by atoms with E-state index in [9.17, 15) is 15.0 Å². The summed E-state index contributed by atoms with van der Waals surface area (Å²) < 4.78 is 0. The van der Waals surface area contributed by atoms with Gasteiger partial charge in [-0.25, -0.2) is 9.78 Å². The molecule has 3 aromatic rings. The number of aromatic carboxylic acids is 1. The highest BCUT2D eigenvalue weighted by Gasteiger charge is 2.22. The van der Waals surface area contributed by atoms with Gasteiger partial charge in [0.05, 0.1) is 23.6 Å². The summed E-state index contributed by atoms with van der Waals surface area (Å²) in [5.74, 6) is -0.233. The number of imidazole rings is 1. The van der Waals surface area contributed by atoms with Gasteiger partial charge in [-0.1, -0.05) is 55.8 Å². The number of aliphatic hydroxyl groups is 1. The zero-order valence-electron chi connectivity index (χ0n) is 15.7. The van der Waals surface area contributed by atoms with Crippen LogP contribution in [-0.4, -0.2) is 26.2 Å². The Balaban J connectivity index is 1.99. The summed E-state index contributed by atoms with van der Waals surface area (Å²) in [7, 11) is 0. The van der Waals surface area contributed by atoms with Gasteiger partial charge in [-0.05, 0) is 29.2 Å². The van der Waals surface area contributed by atoms with E-state index in [2.05, 4.69) is 16.9 Å². The first-order chi connectivity index (χ1) is 13.5. The largest absolute Gasteiger partial charge is 0.478 e. The van der Waals surface area contributed by atoms with Crippen molar-refractivity contribution in [3.8, 4) is 11.1 Å². The lowest BCUT2D eigenvalue weighted by Gasteiger charge is -2.13. The highest BCUT2D eigenvalue weighted by molar-refractivity contribution is 6.22. The van der Waals surface area contributed by atoms with Gasteiger partial charge in [0.25, 0.3) is 0 Å². The van der Waals surface area contributed by atoms with Crippen LogP contribution in [0.5, 0.6) is 0 Å². The Morgan fingerprint density at radius 1 is 1.21 bits per heavy atom. The highest BCUT2D eigenvalue weighted by Crippen LogP contribution is 2.34. The Hall–Kier alpha value is -2.63. The van der Waals surface area contributed by atoms with Gasteiger partial charge >= 0.3 is 5.97 Å². The summed E-state index contributed by atoms with van der Waals surface area (Å²) >= 11 is 6.65. The Morgan fingerprint density at radius 2 is 1.96 bits per heavy atom. The number of alkyl halides is 1. The van der Waals surface area contributed by atoms with Crippen LogP contribution in [0.15, 0.2) is 48.5 Å². The van der Waals surface area contributed by atoms with Gasteiger partial charge in [0, 0.05) is 6.42 Å². The summed E-state index contributed by atoms with van der Waals surface area (Å²) in [6.45, 7) is 1.90. The number of aliphatic hydroxyl groups excluding tert-OH is 1. The molecule has 0 aliphatic carbocycles. The maximum absolute atomic E-state index is 11.8. The number of hydrogen-bond acceptors (Lipinski definition) is 3. The van der Waals surface area contributed by atoms with Crippen LogP contribution in [0, 0.1) is 0 Å². The van der Waals surface area contributed by atoms with E-state index in [0.29, 0.717) is 22.5 Å². The van der Waals surface area contributed by atoms with Crippen LogP contribution in [0.4, 0.5) is 0 Å². The van der Waals surface area contributed by atoms with Crippen molar-refractivity contribution in [2.75, 3.05) is 0 Å². The van der Waals surface area contributed by atoms with Gasteiger partial charge < -0.3 is 15.2 Å². The maximum atomic E-state index is 11.8. The molecule has 1 atom stereocenters. The third kappa shape index (κ3) is 4.26. The number of carboxylic acids is 1. The Bertz CT molecular complexity index is 954. The topological polar surface area (TPSA) is 86.2 Å². The molecule has 0 saturated heterocycles. The highest BCUT2D eigenvalue weighted by atomic mass is 35.5. The first kappa shape index (κ1) is 20.1. The van der Waals surface area contributed by atoms with E-state index in [1.165, 1.54) is 0 Å². The molecule has 1 unspecified atom stereocenters. The van der Waals surface area contributed by atoms with Crippen LogP contribution < -0.4 is 0 Å². The van der Waals surface area contributed by atoms with E-state index in [-0.39, 0.29) is 12.2 Å². The molecule has 1 heterocycles. The summed E-state index contributed by atoms with van der Waals surface area (Å²) in [5, 5.41) is 18.7. The minimum atomic E-state index is -1.02. The Kier molecular flexibility index (Phi) is 6.49. The molecular weight excluding hydrogens is 376 g/mol. The fourth-order valence-corrected chi connectivity index (χ4v) is 3.51. The van der Waals surface area contributed by atoms with E-state index >= 15 is 0 Å². The number of carbonyl (C=O) groups is 1. The van der Waals surface area contributed by atoms with Crippen LogP contribution in [0.3, 0.4) is 0 Å². The fraction of sp³-hybridized carbons (Fsp3) is 0.273. The molecule has 6 heteroatoms. The van der Waals surface area contributed by atoms with Crippen LogP contribution in [0.1, 0.15) is 58.3 Å². The van der Waals surface area contributed by atoms with Crippen LogP contribution in [0.2, 0.25) is 0 Å². The van der Waals surface area contributed by atoms with Crippen molar-refractivity contribution in [2.24, 2.45) is 0 Å². The molecular formula is C22H23ClN2O3. The molecule has 0 amide bonds. The van der Waals surface area contributed by atoms with Crippen molar-refractivity contribution in [3.05, 3.63) is 76.9 Å². The molecule has 0 aliphatic heterocycles. The quantitative estimate of drug-likeness (QED) is 0.469. The predicted molar refractivity (Wildman–Crippen MR) is 110 cm³/mol. The van der Waals surface area contributed by atoms with Crippen molar-refractivity contribution in [1.82, 2.24) is 9.97 Å². The smallest absolute Gasteiger partial charge is 0.336 e. The van der Waals surface area contributed by atoms with Gasteiger partial charge in [-0.3, -0.25) is 0 Å². The van der Waals surface area contributed by atoms with Crippen LogP contribution in [-0.2, 0) is 13.0 Å². The number of halogens is 1. The molecule has 0 saturated carbocycles. The summed E-state index contributed by atoms with van der Waals surface area (Å²) in [6.07, 6.45) is 2.80. The monoisotopic (exact) mass is 398 g/mol. The molecule has 0 fully saturated rings. The number of rotatable bonds is 8. The molecule has 0 bridgehead atoms. The average molecular weight is 399 g/mol. The maximum Gasteiger partial charge on any atom is 0.336 e. The number of carboxylic acid groups (broad SMARTS) is 1. The lowest BCUT2D eigenvalue weighted by Crippen LogP contribution is -2.04. The molecule has 3 N–H and O–H groups in total. The normalized spacial score (nSPS) is 12.1. The number of benzene rings is 2. The third-order valence-corrected chi connectivity index (χ3v) is 5.14. The van der Waals surface area contributed by atoms with Gasteiger partial charge in [0.15, 0.2) is 0 Å². The number of hydrogen-bond donors (Lipinski definition) is 3. The third-order valence-electron chi connectivity index (χ3n) is 4.68. The summed E-state index contributed by atoms with van der Waals surface area (Å²) in [6, 6.07) is 14.5. The Labute approximate surface area is 169 Å². The minimum Gasteiger partial charge on any atom is -0.478 e. The number of unbranched alkanes of at least 4 members (excludes halogenated alkanes) is 1. The molecule has 2 aromatic carbocycles. The van der Waals surface area contributed by atoms with Crippen molar-refractivity contribution < 1.29 is 15.0 Å². The van der Waals surface area contributed by atoms with E-state index in [0.717, 1.165) is 30.7 Å². The zero-order valence-corrected chi connectivity index (χ0v) is 16.4. The Morgan fingerprint density at radius 3 is 2.61 bits per heavy atom. The van der Waals surface area contributed by atoms with Crippen molar-refractivity contribution in [2.45, 2.75) is 38.2 Å². The van der Waals surface area contributed by atoms with Gasteiger partial charge in [0.1, 0.15) is 11.2 Å². The van der Waals surface area contributed by atoms with Gasteiger partial charge in [0.2, 0.25) is 0 Å². The number of nitrogens with zero attached hydrogens (tertiary/aromatic N) is 1. The summed E-state index contributed by atoms with van der Waals surface area (Å²) in [5.41, 5.74) is 3.38. The SMILES string of the molecule is CCCCc1nc(C(Cl)c2ccc(-c3ccccc3)c(C(=O)O)c2)c(CO)[nH]1. The molecule has 1 aromatic heterocycles. The van der Waals surface area contributed by atoms with Crippen molar-refractivity contribution >= 4 is 17.6 Å². The molecule has 0 radical (unpaired) electrons. The number of nitrogens with one attached hydrogen (secondary N) is 1. The van der Waals surface area contributed by atoms with Gasteiger partial charge in [-0.15, -0.1) is 11.6 Å². The first-order valence-corrected chi connectivity index (χ1v) is 9.74. The fourth-order valence-electron chi connectivity index (χ4n) is 3.20. The second-order valence-electron chi connectivity index (χ2n) is 6.65. The second kappa shape index (κ2) is 9.04. The zero-order chi connectivity index (χ0) is 20.1. The number of aryl methyl sites for hydroxylation is 1. The van der Waals surface area contributed by atoms with Crippen molar-refractivity contribution in [1.29, 1.82) is 0 Å². The standard InChI is InChI=1S/C22H23ClN2O3/c1-2-3-9-19-24-18(13-26)21(25-19)20(23)15-10-11-16(17(12-15)22(27)28)14-7-5-4-6-8-14/h4-8,10-12,20,26H,2-3,9,13H2,1H3,(H,24,25)(H,27,28). The van der Waals surface area contributed by atoms with Crippen molar-refractivity contribution in [3.63, 3.8) is 0 Å². The molecule has 0 aliphatic rings. The van der Waals surface area contributed by atoms with E-state index < -0.39 is 11.3 Å². The molecule has 5 nitrogen and oxygen atoms in total. The van der Waals surface area contributed by atoms with E-state index in [1.54, 1.807) is 12.1 Å². The second-order valence-corrected chi connectivity index (χ2v) is 7.08. The molecule has 0 spiro atoms. The van der Waals surface area contributed by atoms with Crippen LogP contribution in [0.25, 0.3) is 11.1 Å². The van der Waals surface area contributed by atoms with E-state index in [4.69, 9.17) is 11.6 Å². The number of H-pyrrole nitrogens is 1. The molecule has 146 valence electrons. The number of aromatic amines is 1. The minimum absolute atomic E-state index is 0.182. The van der Waals surface area contributed by atoms with Gasteiger partial charge in [-0.2, -0.15) is 0 Å². The molecule has 28 heavy (non-hydrogen) atoms. The lowest BCUT2D eigenvalue weighted by atomic mass is 9.95. The average Bonchev–Trinajstić information content (AvgIpc) is 3.15.